The van der Waals surface area contributed by atoms with Gasteiger partial charge in [0.2, 0.25) is 10.0 Å². The van der Waals surface area contributed by atoms with Gasteiger partial charge in [-0.15, -0.1) is 0 Å². The third kappa shape index (κ3) is 4.93. The zero-order valence-corrected chi connectivity index (χ0v) is 15.2. The number of methoxy groups -OCH3 is 1. The van der Waals surface area contributed by atoms with Crippen LogP contribution < -0.4 is 9.46 Å². The van der Waals surface area contributed by atoms with E-state index in [4.69, 9.17) is 4.74 Å². The molecule has 1 aliphatic rings. The molecule has 130 valence electrons. The molecule has 0 spiro atoms. The number of nitrogens with zero attached hydrogens (tertiary/aromatic N) is 1. The Labute approximate surface area is 140 Å². The molecule has 5 nitrogen and oxygen atoms in total. The van der Waals surface area contributed by atoms with Crippen molar-refractivity contribution in [1.29, 1.82) is 0 Å². The molecule has 1 saturated heterocycles. The van der Waals surface area contributed by atoms with Crippen molar-refractivity contribution in [2.45, 2.75) is 44.4 Å². The number of ether oxygens (including phenoxy) is 1. The van der Waals surface area contributed by atoms with Crippen LogP contribution in [-0.2, 0) is 10.0 Å². The maximum absolute atomic E-state index is 12.5. The molecule has 0 aliphatic carbocycles. The average molecular weight is 340 g/mol. The number of rotatable bonds is 7. The van der Waals surface area contributed by atoms with Crippen molar-refractivity contribution in [2.24, 2.45) is 0 Å². The Morgan fingerprint density at radius 3 is 2.48 bits per heavy atom. The van der Waals surface area contributed by atoms with Gasteiger partial charge in [0.15, 0.2) is 0 Å². The number of hydrogen-bond acceptors (Lipinski definition) is 4. The summed E-state index contributed by atoms with van der Waals surface area (Å²) in [5.74, 6) is 0.714. The van der Waals surface area contributed by atoms with Crippen LogP contribution >= 0.6 is 0 Å². The molecule has 0 radical (unpaired) electrons. The van der Waals surface area contributed by atoms with Gasteiger partial charge in [-0.3, -0.25) is 0 Å². The van der Waals surface area contributed by atoms with Crippen molar-refractivity contribution in [3.05, 3.63) is 23.3 Å². The Kier molecular flexibility index (Phi) is 6.44. The molecule has 0 saturated carbocycles. The normalized spacial score (nSPS) is 16.5. The fourth-order valence-corrected chi connectivity index (χ4v) is 4.43. The molecular weight excluding hydrogens is 312 g/mol. The largest absolute Gasteiger partial charge is 0.496 e. The highest BCUT2D eigenvalue weighted by atomic mass is 32.2. The summed E-state index contributed by atoms with van der Waals surface area (Å²) in [6, 6.07) is 3.46. The van der Waals surface area contributed by atoms with E-state index in [0.717, 1.165) is 31.6 Å². The van der Waals surface area contributed by atoms with Gasteiger partial charge in [-0.1, -0.05) is 6.42 Å². The third-order valence-corrected chi connectivity index (χ3v) is 5.98. The number of aryl methyl sites for hydroxylation is 2. The van der Waals surface area contributed by atoms with Crippen LogP contribution in [0.15, 0.2) is 17.0 Å². The molecule has 23 heavy (non-hydrogen) atoms. The maximum atomic E-state index is 12.5. The number of sulfonamides is 1. The van der Waals surface area contributed by atoms with Gasteiger partial charge in [0.05, 0.1) is 12.0 Å². The summed E-state index contributed by atoms with van der Waals surface area (Å²) in [5.41, 5.74) is 1.53. The van der Waals surface area contributed by atoms with Crippen molar-refractivity contribution in [3.8, 4) is 5.75 Å². The van der Waals surface area contributed by atoms with Gasteiger partial charge in [0, 0.05) is 6.54 Å². The van der Waals surface area contributed by atoms with Crippen LogP contribution in [0.5, 0.6) is 5.75 Å². The highest BCUT2D eigenvalue weighted by Gasteiger charge is 2.18. The van der Waals surface area contributed by atoms with Crippen LogP contribution in [0.25, 0.3) is 0 Å². The van der Waals surface area contributed by atoms with Crippen LogP contribution in [0.2, 0.25) is 0 Å². The van der Waals surface area contributed by atoms with Crippen LogP contribution in [-0.4, -0.2) is 46.6 Å². The summed E-state index contributed by atoms with van der Waals surface area (Å²) in [6.45, 7) is 7.37. The summed E-state index contributed by atoms with van der Waals surface area (Å²) in [6.07, 6.45) is 4.68. The zero-order chi connectivity index (χ0) is 16.9. The van der Waals surface area contributed by atoms with E-state index in [1.807, 2.05) is 6.92 Å². The van der Waals surface area contributed by atoms with Crippen LogP contribution in [0.3, 0.4) is 0 Å². The van der Waals surface area contributed by atoms with Gasteiger partial charge < -0.3 is 9.64 Å². The highest BCUT2D eigenvalue weighted by Crippen LogP contribution is 2.25. The van der Waals surface area contributed by atoms with Crippen molar-refractivity contribution in [2.75, 3.05) is 33.3 Å². The van der Waals surface area contributed by atoms with Crippen molar-refractivity contribution in [1.82, 2.24) is 9.62 Å². The summed E-state index contributed by atoms with van der Waals surface area (Å²) in [4.78, 5) is 2.76. The lowest BCUT2D eigenvalue weighted by molar-refractivity contribution is 0.227. The van der Waals surface area contributed by atoms with Gasteiger partial charge in [-0.05, 0) is 76.0 Å². The standard InChI is InChI=1S/C17H28N2O3S/c1-14-13-17(15(2)12-16(14)22-3)23(20,21)18-8-7-11-19-9-5-4-6-10-19/h12-13,18H,4-11H2,1-3H3. The van der Waals surface area contributed by atoms with Gasteiger partial charge in [-0.25, -0.2) is 13.1 Å². The zero-order valence-electron chi connectivity index (χ0n) is 14.4. The lowest BCUT2D eigenvalue weighted by Gasteiger charge is -2.26. The minimum absolute atomic E-state index is 0.341. The quantitative estimate of drug-likeness (QED) is 0.775. The van der Waals surface area contributed by atoms with E-state index in [0.29, 0.717) is 22.8 Å². The number of nitrogens with one attached hydrogen (secondary N) is 1. The molecule has 1 N–H and O–H groups in total. The number of piperidine rings is 1. The van der Waals surface area contributed by atoms with E-state index in [2.05, 4.69) is 9.62 Å². The minimum Gasteiger partial charge on any atom is -0.496 e. The second-order valence-corrected chi connectivity index (χ2v) is 7.98. The molecule has 0 aromatic heterocycles. The van der Waals surface area contributed by atoms with E-state index in [1.165, 1.54) is 19.3 Å². The summed E-state index contributed by atoms with van der Waals surface area (Å²) >= 11 is 0. The molecule has 0 atom stereocenters. The van der Waals surface area contributed by atoms with Gasteiger partial charge in [-0.2, -0.15) is 0 Å². The topological polar surface area (TPSA) is 58.6 Å². The number of benzene rings is 1. The Balaban J connectivity index is 1.92. The molecule has 1 aromatic rings. The lowest BCUT2D eigenvalue weighted by atomic mass is 10.1. The second kappa shape index (κ2) is 8.13. The first-order valence-corrected chi connectivity index (χ1v) is 9.79. The lowest BCUT2D eigenvalue weighted by Crippen LogP contribution is -2.33. The predicted molar refractivity (Wildman–Crippen MR) is 92.6 cm³/mol. The maximum Gasteiger partial charge on any atom is 0.240 e. The van der Waals surface area contributed by atoms with E-state index in [1.54, 1.807) is 26.2 Å². The molecule has 0 amide bonds. The Hall–Kier alpha value is -1.11. The smallest absolute Gasteiger partial charge is 0.240 e. The molecule has 1 aliphatic heterocycles. The molecular formula is C17H28N2O3S. The Morgan fingerprint density at radius 2 is 1.83 bits per heavy atom. The fourth-order valence-electron chi connectivity index (χ4n) is 3.04. The molecule has 1 aromatic carbocycles. The van der Waals surface area contributed by atoms with Crippen LogP contribution in [0, 0.1) is 13.8 Å². The van der Waals surface area contributed by atoms with Crippen molar-refractivity contribution >= 4 is 10.0 Å². The molecule has 0 bridgehead atoms. The SMILES string of the molecule is COc1cc(C)c(S(=O)(=O)NCCCN2CCCCC2)cc1C. The fraction of sp³-hybridized carbons (Fsp3) is 0.647. The van der Waals surface area contributed by atoms with Gasteiger partial charge in [0.25, 0.3) is 0 Å². The van der Waals surface area contributed by atoms with E-state index < -0.39 is 10.0 Å². The number of likely N-dealkylation sites (tertiary alicyclic amines) is 1. The molecule has 0 unspecified atom stereocenters. The van der Waals surface area contributed by atoms with E-state index in [9.17, 15) is 8.42 Å². The average Bonchev–Trinajstić information content (AvgIpc) is 2.54. The third-order valence-electron chi connectivity index (χ3n) is 4.37. The van der Waals surface area contributed by atoms with Gasteiger partial charge >= 0.3 is 0 Å². The number of hydrogen-bond donors (Lipinski definition) is 1. The van der Waals surface area contributed by atoms with Crippen molar-refractivity contribution < 1.29 is 13.2 Å². The first-order valence-electron chi connectivity index (χ1n) is 8.31. The van der Waals surface area contributed by atoms with E-state index >= 15 is 0 Å². The molecule has 1 heterocycles. The molecule has 1 fully saturated rings. The van der Waals surface area contributed by atoms with Crippen LogP contribution in [0.1, 0.15) is 36.8 Å². The van der Waals surface area contributed by atoms with Gasteiger partial charge in [0.1, 0.15) is 5.75 Å². The second-order valence-electron chi connectivity index (χ2n) is 6.24. The molecule has 2 rings (SSSR count). The molecule has 6 heteroatoms. The predicted octanol–water partition coefficient (Wildman–Crippen LogP) is 2.47. The summed E-state index contributed by atoms with van der Waals surface area (Å²) in [7, 11) is -1.87. The van der Waals surface area contributed by atoms with E-state index in [-0.39, 0.29) is 0 Å². The first kappa shape index (κ1) is 18.2. The monoisotopic (exact) mass is 340 g/mol. The highest BCUT2D eigenvalue weighted by molar-refractivity contribution is 7.89. The summed E-state index contributed by atoms with van der Waals surface area (Å²) < 4.78 is 32.9. The first-order chi connectivity index (χ1) is 10.9. The Morgan fingerprint density at radius 1 is 1.13 bits per heavy atom. The van der Waals surface area contributed by atoms with Crippen molar-refractivity contribution in [3.63, 3.8) is 0 Å². The minimum atomic E-state index is -3.47. The van der Waals surface area contributed by atoms with Crippen LogP contribution in [0.4, 0.5) is 0 Å². The Bertz CT molecular complexity index is 623. The summed E-state index contributed by atoms with van der Waals surface area (Å²) in [5, 5.41) is 0.